The number of carbonyl (C=O) groups is 1. The number of rotatable bonds is 4. The average Bonchev–Trinajstić information content (AvgIpc) is 3.01. The van der Waals surface area contributed by atoms with Crippen LogP contribution in [0.5, 0.6) is 0 Å². The van der Waals surface area contributed by atoms with Crippen LogP contribution in [0.15, 0.2) is 42.5 Å². The predicted octanol–water partition coefficient (Wildman–Crippen LogP) is 5.37. The molecule has 28 heavy (non-hydrogen) atoms. The van der Waals surface area contributed by atoms with Crippen LogP contribution in [0, 0.1) is 0 Å². The topological polar surface area (TPSA) is 23.6 Å². The highest BCUT2D eigenvalue weighted by molar-refractivity contribution is 6.35. The van der Waals surface area contributed by atoms with E-state index in [9.17, 15) is 4.79 Å². The summed E-state index contributed by atoms with van der Waals surface area (Å²) in [5, 5.41) is 3.12. The quantitative estimate of drug-likeness (QED) is 0.693. The third-order valence-electron chi connectivity index (χ3n) is 6.41. The van der Waals surface area contributed by atoms with Crippen molar-refractivity contribution in [1.82, 2.24) is 9.80 Å². The van der Waals surface area contributed by atoms with Crippen molar-refractivity contribution in [1.29, 1.82) is 0 Å². The minimum Gasteiger partial charge on any atom is -0.335 e. The van der Waals surface area contributed by atoms with Gasteiger partial charge in [0.1, 0.15) is 0 Å². The summed E-state index contributed by atoms with van der Waals surface area (Å²) in [6.45, 7) is 7.16. The molecular formula is C24H29ClN2O. The van der Waals surface area contributed by atoms with Gasteiger partial charge in [-0.2, -0.15) is 0 Å². The lowest BCUT2D eigenvalue weighted by Gasteiger charge is -2.28. The highest BCUT2D eigenvalue weighted by Gasteiger charge is 2.38. The summed E-state index contributed by atoms with van der Waals surface area (Å²) in [6.07, 6.45) is 6.38. The van der Waals surface area contributed by atoms with E-state index in [4.69, 9.17) is 11.6 Å². The first-order valence-electron chi connectivity index (χ1n) is 10.5. The summed E-state index contributed by atoms with van der Waals surface area (Å²) in [5.41, 5.74) is 2.53. The molecule has 1 amide bonds. The van der Waals surface area contributed by atoms with Gasteiger partial charge in [0.25, 0.3) is 0 Å². The lowest BCUT2D eigenvalue weighted by Crippen LogP contribution is -2.42. The van der Waals surface area contributed by atoms with Gasteiger partial charge in [0.2, 0.25) is 5.91 Å². The van der Waals surface area contributed by atoms with E-state index < -0.39 is 0 Å². The van der Waals surface area contributed by atoms with Crippen LogP contribution in [0.3, 0.4) is 0 Å². The Morgan fingerprint density at radius 2 is 1.86 bits per heavy atom. The number of nitrogens with zero attached hydrogens (tertiary/aromatic N) is 2. The van der Waals surface area contributed by atoms with Gasteiger partial charge in [-0.05, 0) is 48.8 Å². The van der Waals surface area contributed by atoms with E-state index in [-0.39, 0.29) is 0 Å². The number of amides is 1. The first-order chi connectivity index (χ1) is 13.6. The first-order valence-corrected chi connectivity index (χ1v) is 10.8. The second-order valence-electron chi connectivity index (χ2n) is 8.12. The molecule has 0 radical (unpaired) electrons. The van der Waals surface area contributed by atoms with Crippen LogP contribution >= 0.6 is 11.6 Å². The monoisotopic (exact) mass is 396 g/mol. The number of halogens is 1. The number of likely N-dealkylation sites (tertiary alicyclic amines) is 1. The molecule has 0 aliphatic carbocycles. The van der Waals surface area contributed by atoms with E-state index in [1.807, 2.05) is 19.1 Å². The minimum atomic E-state index is 0.328. The van der Waals surface area contributed by atoms with Crippen LogP contribution in [0.4, 0.5) is 0 Å². The molecule has 4 rings (SSSR count). The van der Waals surface area contributed by atoms with Gasteiger partial charge in [0.15, 0.2) is 0 Å². The fourth-order valence-electron chi connectivity index (χ4n) is 4.88. The number of hydrogen-bond acceptors (Lipinski definition) is 2. The maximum absolute atomic E-state index is 12.4. The lowest BCUT2D eigenvalue weighted by atomic mass is 9.99. The summed E-state index contributed by atoms with van der Waals surface area (Å²) < 4.78 is 0. The fraction of sp³-hybridized carbons (Fsp3) is 0.458. The van der Waals surface area contributed by atoms with Crippen molar-refractivity contribution in [2.45, 2.75) is 51.6 Å². The molecule has 2 saturated heterocycles. The smallest absolute Gasteiger partial charge is 0.222 e. The van der Waals surface area contributed by atoms with Crippen LogP contribution < -0.4 is 0 Å². The summed E-state index contributed by atoms with van der Waals surface area (Å²) in [6, 6.07) is 13.3. The molecule has 2 aliphatic heterocycles. The number of carbonyl (C=O) groups excluding carboxylic acids is 1. The molecule has 2 heterocycles. The molecule has 2 aromatic rings. The standard InChI is InChI=1S/C24H29ClN2O/c1-3-24(28)27-18-8-9-19(27)16-26(15-13-18)14-12-17(2)20-10-11-23(25)22-7-5-4-6-21(20)22/h4-7,10-12,18-19H,3,8-9,13-16H2,1-2H3. The van der Waals surface area contributed by atoms with Crippen molar-refractivity contribution >= 4 is 33.9 Å². The SMILES string of the molecule is CCC(=O)N1C2CCC1CN(CC=C(C)c1ccc(Cl)c3ccccc13)CC2. The molecule has 2 unspecified atom stereocenters. The van der Waals surface area contributed by atoms with Crippen molar-refractivity contribution in [3.05, 3.63) is 53.1 Å². The van der Waals surface area contributed by atoms with E-state index in [1.165, 1.54) is 22.9 Å². The van der Waals surface area contributed by atoms with Gasteiger partial charge in [-0.3, -0.25) is 9.69 Å². The van der Waals surface area contributed by atoms with E-state index in [2.05, 4.69) is 47.1 Å². The van der Waals surface area contributed by atoms with Gasteiger partial charge >= 0.3 is 0 Å². The van der Waals surface area contributed by atoms with Gasteiger partial charge in [0.05, 0.1) is 0 Å². The summed E-state index contributed by atoms with van der Waals surface area (Å²) in [7, 11) is 0. The molecule has 148 valence electrons. The summed E-state index contributed by atoms with van der Waals surface area (Å²) in [5.74, 6) is 0.328. The Kier molecular flexibility index (Phi) is 5.75. The molecule has 2 aromatic carbocycles. The van der Waals surface area contributed by atoms with Crippen LogP contribution in [-0.2, 0) is 4.79 Å². The molecule has 4 heteroatoms. The van der Waals surface area contributed by atoms with Gasteiger partial charge < -0.3 is 4.90 Å². The van der Waals surface area contributed by atoms with Crippen molar-refractivity contribution in [2.24, 2.45) is 0 Å². The van der Waals surface area contributed by atoms with E-state index in [0.29, 0.717) is 24.4 Å². The molecule has 2 atom stereocenters. The average molecular weight is 397 g/mol. The minimum absolute atomic E-state index is 0.328. The Balaban J connectivity index is 1.51. The molecule has 2 aliphatic rings. The summed E-state index contributed by atoms with van der Waals surface area (Å²) >= 11 is 6.38. The molecular weight excluding hydrogens is 368 g/mol. The Morgan fingerprint density at radius 1 is 1.11 bits per heavy atom. The Labute approximate surface area is 173 Å². The second-order valence-corrected chi connectivity index (χ2v) is 8.52. The van der Waals surface area contributed by atoms with Gasteiger partial charge in [0, 0.05) is 48.5 Å². The zero-order chi connectivity index (χ0) is 19.7. The molecule has 3 nitrogen and oxygen atoms in total. The molecule has 0 spiro atoms. The number of hydrogen-bond donors (Lipinski definition) is 0. The number of allylic oxidation sites excluding steroid dienone is 1. The van der Waals surface area contributed by atoms with Crippen LogP contribution in [0.2, 0.25) is 5.02 Å². The van der Waals surface area contributed by atoms with Crippen LogP contribution in [0.25, 0.3) is 16.3 Å². The normalized spacial score (nSPS) is 23.2. The maximum Gasteiger partial charge on any atom is 0.222 e. The zero-order valence-electron chi connectivity index (χ0n) is 16.8. The molecule has 2 bridgehead atoms. The number of benzene rings is 2. The molecule has 0 N–H and O–H groups in total. The Bertz CT molecular complexity index is 907. The van der Waals surface area contributed by atoms with Crippen molar-refractivity contribution < 1.29 is 4.79 Å². The molecule has 0 aromatic heterocycles. The predicted molar refractivity (Wildman–Crippen MR) is 118 cm³/mol. The largest absolute Gasteiger partial charge is 0.335 e. The van der Waals surface area contributed by atoms with Crippen LogP contribution in [-0.4, -0.2) is 47.4 Å². The van der Waals surface area contributed by atoms with Crippen molar-refractivity contribution in [2.75, 3.05) is 19.6 Å². The summed E-state index contributed by atoms with van der Waals surface area (Å²) in [4.78, 5) is 17.1. The van der Waals surface area contributed by atoms with Crippen molar-refractivity contribution in [3.8, 4) is 0 Å². The molecule has 0 saturated carbocycles. The van der Waals surface area contributed by atoms with E-state index in [0.717, 1.165) is 42.9 Å². The van der Waals surface area contributed by atoms with Gasteiger partial charge in [-0.15, -0.1) is 0 Å². The highest BCUT2D eigenvalue weighted by Crippen LogP contribution is 2.32. The first kappa shape index (κ1) is 19.5. The second kappa shape index (κ2) is 8.26. The molecule has 2 fully saturated rings. The Hall–Kier alpha value is -1.84. The van der Waals surface area contributed by atoms with Gasteiger partial charge in [-0.1, -0.05) is 54.9 Å². The Morgan fingerprint density at radius 3 is 2.64 bits per heavy atom. The maximum atomic E-state index is 12.4. The lowest BCUT2D eigenvalue weighted by molar-refractivity contribution is -0.133. The van der Waals surface area contributed by atoms with Gasteiger partial charge in [-0.25, -0.2) is 0 Å². The third-order valence-corrected chi connectivity index (χ3v) is 6.74. The van der Waals surface area contributed by atoms with Crippen molar-refractivity contribution in [3.63, 3.8) is 0 Å². The zero-order valence-corrected chi connectivity index (χ0v) is 17.6. The van der Waals surface area contributed by atoms with E-state index >= 15 is 0 Å². The van der Waals surface area contributed by atoms with Crippen LogP contribution in [0.1, 0.15) is 45.1 Å². The highest BCUT2D eigenvalue weighted by atomic mass is 35.5. The van der Waals surface area contributed by atoms with E-state index in [1.54, 1.807) is 0 Å². The number of fused-ring (bicyclic) bond motifs is 3. The fourth-order valence-corrected chi connectivity index (χ4v) is 5.11. The third kappa shape index (κ3) is 3.70.